The van der Waals surface area contributed by atoms with Crippen molar-refractivity contribution in [2.24, 2.45) is 23.9 Å². The Hall–Kier alpha value is -0.790. The first-order chi connectivity index (χ1) is 9.60. The van der Waals surface area contributed by atoms with Gasteiger partial charge in [-0.3, -0.25) is 9.67 Å². The fourth-order valence-corrected chi connectivity index (χ4v) is 2.96. The largest absolute Gasteiger partial charge is 0.351 e. The van der Waals surface area contributed by atoms with E-state index in [1.54, 1.807) is 0 Å². The number of aromatic nitrogens is 2. The van der Waals surface area contributed by atoms with Crippen LogP contribution in [-0.2, 0) is 13.6 Å². The highest BCUT2D eigenvalue weighted by Crippen LogP contribution is 2.23. The Kier molecular flexibility index (Phi) is 7.48. The van der Waals surface area contributed by atoms with E-state index in [0.717, 1.165) is 37.4 Å². The van der Waals surface area contributed by atoms with Gasteiger partial charge >= 0.3 is 0 Å². The Morgan fingerprint density at radius 2 is 2.29 bits per heavy atom. The van der Waals surface area contributed by atoms with Crippen LogP contribution in [0.15, 0.2) is 17.3 Å². The maximum absolute atomic E-state index is 4.41. The van der Waals surface area contributed by atoms with Crippen molar-refractivity contribution in [2.75, 3.05) is 20.1 Å². The minimum atomic E-state index is 0. The highest BCUT2D eigenvalue weighted by molar-refractivity contribution is 14.0. The Labute approximate surface area is 145 Å². The zero-order valence-electron chi connectivity index (χ0n) is 13.5. The molecule has 1 unspecified atom stereocenters. The third-order valence-corrected chi connectivity index (χ3v) is 3.95. The van der Waals surface area contributed by atoms with Crippen molar-refractivity contribution in [1.29, 1.82) is 0 Å². The van der Waals surface area contributed by atoms with Crippen LogP contribution in [-0.4, -0.2) is 40.8 Å². The van der Waals surface area contributed by atoms with Crippen LogP contribution in [0.5, 0.6) is 0 Å². The Morgan fingerprint density at radius 1 is 1.52 bits per heavy atom. The molecule has 21 heavy (non-hydrogen) atoms. The van der Waals surface area contributed by atoms with E-state index in [1.807, 2.05) is 31.0 Å². The van der Waals surface area contributed by atoms with Gasteiger partial charge in [-0.1, -0.05) is 13.8 Å². The summed E-state index contributed by atoms with van der Waals surface area (Å²) in [4.78, 5) is 6.79. The van der Waals surface area contributed by atoms with Gasteiger partial charge in [0.1, 0.15) is 0 Å². The van der Waals surface area contributed by atoms with Crippen molar-refractivity contribution in [1.82, 2.24) is 20.0 Å². The van der Waals surface area contributed by atoms with E-state index >= 15 is 0 Å². The van der Waals surface area contributed by atoms with Gasteiger partial charge in [0.25, 0.3) is 0 Å². The van der Waals surface area contributed by atoms with E-state index in [-0.39, 0.29) is 24.0 Å². The minimum absolute atomic E-state index is 0. The zero-order chi connectivity index (χ0) is 14.5. The molecule has 1 aromatic heterocycles. The lowest BCUT2D eigenvalue weighted by Crippen LogP contribution is -2.40. The summed E-state index contributed by atoms with van der Waals surface area (Å²) >= 11 is 0. The van der Waals surface area contributed by atoms with E-state index in [2.05, 4.69) is 34.2 Å². The molecule has 120 valence electrons. The molecule has 0 bridgehead atoms. The number of hydrogen-bond donors (Lipinski definition) is 1. The molecule has 1 N–H and O–H groups in total. The predicted molar refractivity (Wildman–Crippen MR) is 98.0 cm³/mol. The summed E-state index contributed by atoms with van der Waals surface area (Å²) in [5.74, 6) is 2.60. The summed E-state index contributed by atoms with van der Waals surface area (Å²) in [6, 6.07) is 2.03. The van der Waals surface area contributed by atoms with Gasteiger partial charge in [-0.05, 0) is 30.7 Å². The van der Waals surface area contributed by atoms with Crippen molar-refractivity contribution in [3.8, 4) is 0 Å². The van der Waals surface area contributed by atoms with Crippen LogP contribution in [0.4, 0.5) is 0 Å². The van der Waals surface area contributed by atoms with Crippen LogP contribution in [0.3, 0.4) is 0 Å². The van der Waals surface area contributed by atoms with Crippen molar-refractivity contribution >= 4 is 29.9 Å². The van der Waals surface area contributed by atoms with E-state index in [4.69, 9.17) is 0 Å². The molecule has 0 aliphatic carbocycles. The lowest BCUT2D eigenvalue weighted by atomic mass is 9.97. The fourth-order valence-electron chi connectivity index (χ4n) is 2.96. The van der Waals surface area contributed by atoms with E-state index in [0.29, 0.717) is 0 Å². The SMILES string of the molecule is CN=C(NCc1ccnn1C)N1CCC(CC(C)C)C1.I. The molecule has 1 aliphatic heterocycles. The first-order valence-corrected chi connectivity index (χ1v) is 7.52. The van der Waals surface area contributed by atoms with Gasteiger partial charge in [0.15, 0.2) is 5.96 Å². The summed E-state index contributed by atoms with van der Waals surface area (Å²) < 4.78 is 1.89. The normalized spacial score (nSPS) is 19.0. The lowest BCUT2D eigenvalue weighted by Gasteiger charge is -2.22. The second kappa shape index (κ2) is 8.60. The fraction of sp³-hybridized carbons (Fsp3) is 0.733. The molecular formula is C15H28IN5. The molecule has 6 heteroatoms. The molecule has 1 atom stereocenters. The molecule has 0 aromatic carbocycles. The number of likely N-dealkylation sites (tertiary alicyclic amines) is 1. The number of nitrogens with one attached hydrogen (secondary N) is 1. The first-order valence-electron chi connectivity index (χ1n) is 7.52. The number of halogens is 1. The van der Waals surface area contributed by atoms with E-state index < -0.39 is 0 Å². The summed E-state index contributed by atoms with van der Waals surface area (Å²) in [5.41, 5.74) is 1.17. The molecule has 1 fully saturated rings. The second-order valence-electron chi connectivity index (χ2n) is 6.08. The van der Waals surface area contributed by atoms with Crippen LogP contribution >= 0.6 is 24.0 Å². The quantitative estimate of drug-likeness (QED) is 0.476. The smallest absolute Gasteiger partial charge is 0.193 e. The van der Waals surface area contributed by atoms with Crippen LogP contribution in [0.2, 0.25) is 0 Å². The molecule has 2 rings (SSSR count). The van der Waals surface area contributed by atoms with Crippen LogP contribution in [0.25, 0.3) is 0 Å². The van der Waals surface area contributed by atoms with Crippen LogP contribution in [0, 0.1) is 11.8 Å². The number of hydrogen-bond acceptors (Lipinski definition) is 2. The van der Waals surface area contributed by atoms with Gasteiger partial charge in [-0.2, -0.15) is 5.10 Å². The van der Waals surface area contributed by atoms with Crippen molar-refractivity contribution in [3.63, 3.8) is 0 Å². The topological polar surface area (TPSA) is 45.5 Å². The third-order valence-electron chi connectivity index (χ3n) is 3.95. The Bertz CT molecular complexity index is 455. The Balaban J connectivity index is 0.00000220. The second-order valence-corrected chi connectivity index (χ2v) is 6.08. The minimum Gasteiger partial charge on any atom is -0.351 e. The van der Waals surface area contributed by atoms with Crippen LogP contribution < -0.4 is 5.32 Å². The summed E-state index contributed by atoms with van der Waals surface area (Å²) in [6.07, 6.45) is 4.42. The predicted octanol–water partition coefficient (Wildman–Crippen LogP) is 2.48. The van der Waals surface area contributed by atoms with Gasteiger partial charge in [-0.25, -0.2) is 0 Å². The van der Waals surface area contributed by atoms with Crippen molar-refractivity contribution in [2.45, 2.75) is 33.2 Å². The maximum atomic E-state index is 4.41. The van der Waals surface area contributed by atoms with Gasteiger partial charge in [0.05, 0.1) is 12.2 Å². The number of nitrogens with zero attached hydrogens (tertiary/aromatic N) is 4. The van der Waals surface area contributed by atoms with E-state index in [9.17, 15) is 0 Å². The standard InChI is InChI=1S/C15H27N5.HI/c1-12(2)9-13-6-8-20(11-13)15(16-3)17-10-14-5-7-18-19(14)4;/h5,7,12-13H,6,8-11H2,1-4H3,(H,16,17);1H. The third kappa shape index (κ3) is 5.16. The molecule has 0 saturated carbocycles. The zero-order valence-corrected chi connectivity index (χ0v) is 15.9. The first kappa shape index (κ1) is 18.3. The summed E-state index contributed by atoms with van der Waals surface area (Å²) in [7, 11) is 3.83. The molecule has 1 aromatic rings. The van der Waals surface area contributed by atoms with Gasteiger partial charge in [-0.15, -0.1) is 24.0 Å². The number of guanidine groups is 1. The lowest BCUT2D eigenvalue weighted by molar-refractivity contribution is 0.403. The molecular weight excluding hydrogens is 377 g/mol. The molecule has 0 spiro atoms. The highest BCUT2D eigenvalue weighted by atomic mass is 127. The maximum Gasteiger partial charge on any atom is 0.193 e. The van der Waals surface area contributed by atoms with Gasteiger partial charge in [0.2, 0.25) is 0 Å². The molecule has 0 amide bonds. The van der Waals surface area contributed by atoms with Gasteiger partial charge < -0.3 is 10.2 Å². The molecule has 1 saturated heterocycles. The summed E-state index contributed by atoms with van der Waals surface area (Å²) in [5, 5.41) is 7.63. The monoisotopic (exact) mass is 405 g/mol. The average molecular weight is 405 g/mol. The number of aliphatic imine (C=N–C) groups is 1. The number of rotatable bonds is 4. The van der Waals surface area contributed by atoms with Crippen molar-refractivity contribution in [3.05, 3.63) is 18.0 Å². The van der Waals surface area contributed by atoms with E-state index in [1.165, 1.54) is 18.5 Å². The molecule has 5 nitrogen and oxygen atoms in total. The molecule has 2 heterocycles. The Morgan fingerprint density at radius 3 is 2.86 bits per heavy atom. The molecule has 0 radical (unpaired) electrons. The van der Waals surface area contributed by atoms with Crippen molar-refractivity contribution < 1.29 is 0 Å². The van der Waals surface area contributed by atoms with Gasteiger partial charge in [0, 0.05) is 33.4 Å². The average Bonchev–Trinajstić information content (AvgIpc) is 3.00. The highest BCUT2D eigenvalue weighted by Gasteiger charge is 2.25. The summed E-state index contributed by atoms with van der Waals surface area (Å²) in [6.45, 7) is 7.62. The molecule has 1 aliphatic rings. The van der Waals surface area contributed by atoms with Crippen LogP contribution in [0.1, 0.15) is 32.4 Å². The number of aryl methyl sites for hydroxylation is 1.